The molecule has 4 heterocycles. The van der Waals surface area contributed by atoms with Crippen molar-refractivity contribution >= 4 is 5.90 Å². The summed E-state index contributed by atoms with van der Waals surface area (Å²) in [5, 5.41) is 0. The van der Waals surface area contributed by atoms with Gasteiger partial charge in [-0.1, -0.05) is 12.3 Å². The van der Waals surface area contributed by atoms with E-state index in [1.54, 1.807) is 12.3 Å². The molecule has 3 aliphatic rings. The molecule has 3 aliphatic heterocycles. The number of rotatable bonds is 4. The molecule has 0 radical (unpaired) electrons. The monoisotopic (exact) mass is 448 g/mol. The maximum absolute atomic E-state index is 14.8. The Labute approximate surface area is 192 Å². The van der Waals surface area contributed by atoms with Crippen LogP contribution in [-0.4, -0.2) is 40.3 Å². The van der Waals surface area contributed by atoms with Crippen molar-refractivity contribution in [3.63, 3.8) is 0 Å². The molecule has 2 aromatic rings. The van der Waals surface area contributed by atoms with Crippen LogP contribution in [0.2, 0.25) is 0 Å². The molecule has 1 unspecified atom stereocenters. The number of fused-ring (bicyclic) bond motifs is 4. The summed E-state index contributed by atoms with van der Waals surface area (Å²) in [6.45, 7) is 8.55. The van der Waals surface area contributed by atoms with Gasteiger partial charge in [0.2, 0.25) is 5.90 Å². The third kappa shape index (κ3) is 4.41. The van der Waals surface area contributed by atoms with Gasteiger partial charge in [0.05, 0.1) is 0 Å². The Balaban J connectivity index is 1.32. The molecule has 1 aromatic heterocycles. The van der Waals surface area contributed by atoms with Gasteiger partial charge in [-0.25, -0.2) is 8.78 Å². The lowest BCUT2D eigenvalue weighted by atomic mass is 9.94. The number of ether oxygens (including phenoxy) is 1. The topological polar surface area (TPSA) is 41.0 Å². The Hall–Kier alpha value is -3.44. The Kier molecular flexibility index (Phi) is 5.73. The van der Waals surface area contributed by atoms with Crippen LogP contribution in [-0.2, 0) is 17.8 Å². The minimum absolute atomic E-state index is 0.0120. The molecule has 0 amide bonds. The minimum Gasteiger partial charge on any atom is -0.473 e. The molecular weight excluding hydrogens is 422 g/mol. The van der Waals surface area contributed by atoms with Crippen LogP contribution in [0, 0.1) is 24.5 Å². The van der Waals surface area contributed by atoms with Crippen LogP contribution < -0.4 is 0 Å². The number of aryl methyl sites for hydroxylation is 1. The molecule has 33 heavy (non-hydrogen) atoms. The van der Waals surface area contributed by atoms with Crippen LogP contribution in [0.15, 0.2) is 65.5 Å². The van der Waals surface area contributed by atoms with Crippen molar-refractivity contribution in [3.05, 3.63) is 94.5 Å². The lowest BCUT2D eigenvalue weighted by Gasteiger charge is -2.47. The van der Waals surface area contributed by atoms with Crippen molar-refractivity contribution in [1.29, 1.82) is 0 Å². The highest BCUT2D eigenvalue weighted by Gasteiger charge is 2.35. The third-order valence-corrected chi connectivity index (χ3v) is 6.37. The van der Waals surface area contributed by atoms with Gasteiger partial charge >= 0.3 is 0 Å². The van der Waals surface area contributed by atoms with E-state index in [4.69, 9.17) is 4.74 Å². The summed E-state index contributed by atoms with van der Waals surface area (Å²) in [6, 6.07) is 6.25. The maximum atomic E-state index is 14.8. The summed E-state index contributed by atoms with van der Waals surface area (Å²) in [7, 11) is 0. The molecule has 0 saturated carbocycles. The van der Waals surface area contributed by atoms with E-state index in [0.717, 1.165) is 36.7 Å². The fourth-order valence-electron chi connectivity index (χ4n) is 4.81. The van der Waals surface area contributed by atoms with Crippen LogP contribution in [0.5, 0.6) is 0 Å². The number of aliphatic imine (C=N–C) groups is 1. The highest BCUT2D eigenvalue weighted by Crippen LogP contribution is 2.34. The van der Waals surface area contributed by atoms with E-state index < -0.39 is 11.6 Å². The quantitative estimate of drug-likeness (QED) is 0.637. The zero-order valence-electron chi connectivity index (χ0n) is 18.7. The van der Waals surface area contributed by atoms with Crippen LogP contribution in [0.3, 0.4) is 0 Å². The molecule has 170 valence electrons. The second kappa shape index (κ2) is 8.83. The second-order valence-electron chi connectivity index (χ2n) is 8.83. The average Bonchev–Trinajstić information content (AvgIpc) is 2.80. The highest BCUT2D eigenvalue weighted by atomic mass is 19.1. The number of nitrogens with zero attached hydrogens (tertiary/aromatic N) is 4. The molecule has 5 nitrogen and oxygen atoms in total. The van der Waals surface area contributed by atoms with Crippen molar-refractivity contribution in [1.82, 2.24) is 14.8 Å². The van der Waals surface area contributed by atoms with Crippen molar-refractivity contribution in [2.45, 2.75) is 32.8 Å². The smallest absolute Gasteiger partial charge is 0.219 e. The number of aromatic nitrogens is 1. The van der Waals surface area contributed by atoms with Crippen molar-refractivity contribution in [3.8, 4) is 0 Å². The molecule has 7 heteroatoms. The lowest BCUT2D eigenvalue weighted by molar-refractivity contribution is 0.0922. The molecular formula is C26H26F2N4O. The Morgan fingerprint density at radius 1 is 1.18 bits per heavy atom. The number of pyridine rings is 1. The van der Waals surface area contributed by atoms with Crippen LogP contribution in [0.1, 0.15) is 35.2 Å². The Morgan fingerprint density at radius 3 is 2.76 bits per heavy atom. The van der Waals surface area contributed by atoms with Crippen LogP contribution in [0.4, 0.5) is 8.78 Å². The largest absolute Gasteiger partial charge is 0.473 e. The van der Waals surface area contributed by atoms with Crippen molar-refractivity contribution in [2.24, 2.45) is 10.9 Å². The first-order valence-electron chi connectivity index (χ1n) is 11.2. The summed E-state index contributed by atoms with van der Waals surface area (Å²) in [6.07, 6.45) is 6.09. The first-order valence-corrected chi connectivity index (χ1v) is 11.2. The maximum Gasteiger partial charge on any atom is 0.219 e. The zero-order chi connectivity index (χ0) is 22.9. The normalized spacial score (nSPS) is 19.5. The Morgan fingerprint density at radius 2 is 2.00 bits per heavy atom. The molecule has 2 bridgehead atoms. The summed E-state index contributed by atoms with van der Waals surface area (Å²) in [5.74, 6) is 1.49. The van der Waals surface area contributed by atoms with E-state index in [2.05, 4.69) is 32.1 Å². The predicted octanol–water partition coefficient (Wildman–Crippen LogP) is 4.68. The minimum atomic E-state index is -0.587. The molecule has 1 atom stereocenters. The fraction of sp³-hybridized carbons (Fsp3) is 0.346. The molecule has 0 aliphatic carbocycles. The van der Waals surface area contributed by atoms with Crippen LogP contribution >= 0.6 is 0 Å². The summed E-state index contributed by atoms with van der Waals surface area (Å²) >= 11 is 0. The van der Waals surface area contributed by atoms with Gasteiger partial charge in [-0.15, -0.1) is 0 Å². The average molecular weight is 449 g/mol. The molecule has 2 saturated heterocycles. The van der Waals surface area contributed by atoms with Gasteiger partial charge in [0.15, 0.2) is 5.82 Å². The number of halogens is 2. The van der Waals surface area contributed by atoms with Crippen molar-refractivity contribution < 1.29 is 13.5 Å². The molecule has 1 aromatic carbocycles. The number of benzene rings is 1. The summed E-state index contributed by atoms with van der Waals surface area (Å²) < 4.78 is 35.4. The van der Waals surface area contributed by atoms with Gasteiger partial charge in [-0.3, -0.25) is 4.98 Å². The number of hydrogen-bond donors (Lipinski definition) is 0. The predicted molar refractivity (Wildman–Crippen MR) is 122 cm³/mol. The summed E-state index contributed by atoms with van der Waals surface area (Å²) in [5.41, 5.74) is 4.98. The first kappa shape index (κ1) is 21.4. The lowest BCUT2D eigenvalue weighted by Crippen LogP contribution is -2.51. The number of piperidine rings is 1. The van der Waals surface area contributed by atoms with E-state index in [0.29, 0.717) is 23.2 Å². The first-order chi connectivity index (χ1) is 16.0. The standard InChI is InChI=1S/C26H26F2N4O/c1-3-24-30-25(13-26-31-8-4-5-19(14-31)15-32(24)26)33-16-20-11-22(27)21(23(28)12-20)10-18-6-7-29-17(2)9-18/h6-7,9,11-13,19H,1,4-5,8,10,14-16H2,2H3. The van der Waals surface area contributed by atoms with Crippen molar-refractivity contribution in [2.75, 3.05) is 19.6 Å². The molecule has 2 fully saturated rings. The Bertz CT molecular complexity index is 1180. The van der Waals surface area contributed by atoms with E-state index in [-0.39, 0.29) is 18.6 Å². The van der Waals surface area contributed by atoms with Crippen LogP contribution in [0.25, 0.3) is 0 Å². The van der Waals surface area contributed by atoms with Gasteiger partial charge in [-0.05, 0) is 61.1 Å². The van der Waals surface area contributed by atoms with Gasteiger partial charge in [0.25, 0.3) is 0 Å². The molecule has 0 N–H and O–H groups in total. The highest BCUT2D eigenvalue weighted by molar-refractivity contribution is 5.90. The van der Waals surface area contributed by atoms with E-state index in [1.165, 1.54) is 25.0 Å². The van der Waals surface area contributed by atoms with Gasteiger partial charge in [0.1, 0.15) is 24.1 Å². The van der Waals surface area contributed by atoms with Gasteiger partial charge in [-0.2, -0.15) is 4.99 Å². The molecule has 0 spiro atoms. The second-order valence-corrected chi connectivity index (χ2v) is 8.83. The SMILES string of the molecule is C=C=C1N=C(OCc2cc(F)c(Cc3ccnc(C)c3)c(F)c2)C=C2N3CCCC(C3)CN12. The number of hydrogen-bond acceptors (Lipinski definition) is 5. The zero-order valence-corrected chi connectivity index (χ0v) is 18.7. The van der Waals surface area contributed by atoms with E-state index in [9.17, 15) is 8.78 Å². The molecule has 5 rings (SSSR count). The third-order valence-electron chi connectivity index (χ3n) is 6.37. The van der Waals surface area contributed by atoms with E-state index >= 15 is 0 Å². The van der Waals surface area contributed by atoms with Gasteiger partial charge < -0.3 is 14.5 Å². The summed E-state index contributed by atoms with van der Waals surface area (Å²) in [4.78, 5) is 13.1. The van der Waals surface area contributed by atoms with Gasteiger partial charge in [0, 0.05) is 49.6 Å². The van der Waals surface area contributed by atoms with E-state index in [1.807, 2.05) is 19.1 Å². The fourth-order valence-corrected chi connectivity index (χ4v) is 4.81.